The summed E-state index contributed by atoms with van der Waals surface area (Å²) in [5.74, 6) is 0.812. The van der Waals surface area contributed by atoms with Crippen molar-refractivity contribution in [2.45, 2.75) is 42.3 Å². The van der Waals surface area contributed by atoms with E-state index in [2.05, 4.69) is 16.3 Å². The van der Waals surface area contributed by atoms with Gasteiger partial charge in [-0.3, -0.25) is 0 Å². The first-order chi connectivity index (χ1) is 6.93. The van der Waals surface area contributed by atoms with Gasteiger partial charge >= 0.3 is 0 Å². The van der Waals surface area contributed by atoms with Crippen LogP contribution in [-0.4, -0.2) is 31.9 Å². The third-order valence-electron chi connectivity index (χ3n) is 1.93. The van der Waals surface area contributed by atoms with Gasteiger partial charge in [0.2, 0.25) is 0 Å². The fraction of sp³-hybridized carbons (Fsp3) is 0.778. The van der Waals surface area contributed by atoms with E-state index >= 15 is 0 Å². The molecule has 0 spiro atoms. The molecular formula is C9H17N3OS2. The number of nitrogens with two attached hydrogens (primary N) is 1. The maximum absolute atomic E-state index is 9.05. The van der Waals surface area contributed by atoms with E-state index in [0.717, 1.165) is 16.6 Å². The molecule has 0 aliphatic heterocycles. The van der Waals surface area contributed by atoms with Crippen LogP contribution in [0.25, 0.3) is 0 Å². The van der Waals surface area contributed by atoms with Crippen molar-refractivity contribution >= 4 is 23.3 Å². The Labute approximate surface area is 98.5 Å². The van der Waals surface area contributed by atoms with Crippen LogP contribution in [0.4, 0.5) is 0 Å². The highest BCUT2D eigenvalue weighted by Crippen LogP contribution is 2.28. The number of hydrogen-bond acceptors (Lipinski definition) is 6. The van der Waals surface area contributed by atoms with Crippen molar-refractivity contribution in [3.05, 3.63) is 5.82 Å². The molecule has 6 heteroatoms. The number of aliphatic hydroxyl groups excluding tert-OH is 1. The Morgan fingerprint density at radius 3 is 2.80 bits per heavy atom. The number of aromatic nitrogens is 2. The Hall–Kier alpha value is -0.170. The van der Waals surface area contributed by atoms with Crippen molar-refractivity contribution in [1.82, 2.24) is 9.36 Å². The summed E-state index contributed by atoms with van der Waals surface area (Å²) in [6.45, 7) is 5.83. The minimum absolute atomic E-state index is 0.00699. The highest BCUT2D eigenvalue weighted by Gasteiger charge is 2.21. The average molecular weight is 247 g/mol. The lowest BCUT2D eigenvalue weighted by Gasteiger charge is -2.24. The Balaban J connectivity index is 2.46. The van der Waals surface area contributed by atoms with E-state index in [9.17, 15) is 0 Å². The molecule has 0 saturated heterocycles. The zero-order valence-electron chi connectivity index (χ0n) is 9.23. The van der Waals surface area contributed by atoms with Gasteiger partial charge in [-0.25, -0.2) is 4.98 Å². The van der Waals surface area contributed by atoms with Gasteiger partial charge in [0.1, 0.15) is 5.82 Å². The minimum atomic E-state index is -0.508. The standard InChI is InChI=1S/C9H17N3OS2/c1-6(4-9(3,10)5-13)14-8-11-7(2)12-15-8/h6,13H,4-5,10H2,1-3H3. The topological polar surface area (TPSA) is 72.0 Å². The molecule has 1 rings (SSSR count). The second-order valence-corrected chi connectivity index (χ2v) is 6.49. The van der Waals surface area contributed by atoms with Gasteiger partial charge in [-0.05, 0) is 31.8 Å². The SMILES string of the molecule is Cc1nsc(SC(C)CC(C)(N)CO)n1. The second kappa shape index (κ2) is 5.25. The van der Waals surface area contributed by atoms with Crippen LogP contribution in [0, 0.1) is 6.92 Å². The summed E-state index contributed by atoms with van der Waals surface area (Å²) in [7, 11) is 0. The molecule has 1 aromatic rings. The molecule has 0 saturated carbocycles. The molecule has 2 unspecified atom stereocenters. The van der Waals surface area contributed by atoms with E-state index in [1.165, 1.54) is 11.5 Å². The van der Waals surface area contributed by atoms with Crippen LogP contribution >= 0.6 is 23.3 Å². The maximum atomic E-state index is 9.05. The number of aryl methyl sites for hydroxylation is 1. The summed E-state index contributed by atoms with van der Waals surface area (Å²) in [5.41, 5.74) is 5.37. The second-order valence-electron chi connectivity index (χ2n) is 4.05. The quantitative estimate of drug-likeness (QED) is 0.770. The van der Waals surface area contributed by atoms with Crippen molar-refractivity contribution < 1.29 is 5.11 Å². The summed E-state index contributed by atoms with van der Waals surface area (Å²) in [6, 6.07) is 0. The van der Waals surface area contributed by atoms with Gasteiger partial charge in [0, 0.05) is 10.8 Å². The third-order valence-corrected chi connectivity index (χ3v) is 3.90. The maximum Gasteiger partial charge on any atom is 0.170 e. The first kappa shape index (κ1) is 12.9. The van der Waals surface area contributed by atoms with E-state index in [-0.39, 0.29) is 6.61 Å². The number of rotatable bonds is 5. The highest BCUT2D eigenvalue weighted by atomic mass is 32.2. The predicted molar refractivity (Wildman–Crippen MR) is 64.3 cm³/mol. The number of thioether (sulfide) groups is 1. The zero-order chi connectivity index (χ0) is 11.5. The Bertz CT molecular complexity index is 314. The van der Waals surface area contributed by atoms with E-state index < -0.39 is 5.54 Å². The van der Waals surface area contributed by atoms with Gasteiger partial charge in [-0.15, -0.1) is 0 Å². The molecule has 0 amide bonds. The first-order valence-electron chi connectivity index (χ1n) is 4.79. The molecule has 3 N–H and O–H groups in total. The van der Waals surface area contributed by atoms with Gasteiger partial charge in [-0.1, -0.05) is 18.7 Å². The highest BCUT2D eigenvalue weighted by molar-refractivity contribution is 8.01. The molecule has 1 aromatic heterocycles. The summed E-state index contributed by atoms with van der Waals surface area (Å²) in [6.07, 6.45) is 0.757. The molecule has 15 heavy (non-hydrogen) atoms. The molecule has 4 nitrogen and oxygen atoms in total. The Morgan fingerprint density at radius 2 is 2.33 bits per heavy atom. The van der Waals surface area contributed by atoms with E-state index in [4.69, 9.17) is 10.8 Å². The van der Waals surface area contributed by atoms with Crippen molar-refractivity contribution in [3.8, 4) is 0 Å². The molecule has 0 aliphatic rings. The summed E-state index contributed by atoms with van der Waals surface area (Å²) in [4.78, 5) is 4.27. The zero-order valence-corrected chi connectivity index (χ0v) is 10.9. The van der Waals surface area contributed by atoms with Crippen LogP contribution in [0.15, 0.2) is 4.34 Å². The van der Waals surface area contributed by atoms with Crippen molar-refractivity contribution in [2.75, 3.05) is 6.61 Å². The molecular weight excluding hydrogens is 230 g/mol. The summed E-state index contributed by atoms with van der Waals surface area (Å²) >= 11 is 3.07. The largest absolute Gasteiger partial charge is 0.394 e. The normalized spacial score (nSPS) is 17.4. The number of nitrogens with zero attached hydrogens (tertiary/aromatic N) is 2. The monoisotopic (exact) mass is 247 g/mol. The van der Waals surface area contributed by atoms with Gasteiger partial charge in [0.15, 0.2) is 4.34 Å². The molecule has 1 heterocycles. The first-order valence-corrected chi connectivity index (χ1v) is 6.45. The third kappa shape index (κ3) is 4.46. The number of hydrogen-bond donors (Lipinski definition) is 2. The van der Waals surface area contributed by atoms with Crippen LogP contribution in [-0.2, 0) is 0 Å². The van der Waals surface area contributed by atoms with Crippen LogP contribution < -0.4 is 5.73 Å². The molecule has 0 radical (unpaired) electrons. The lowest BCUT2D eigenvalue weighted by molar-refractivity contribution is 0.201. The van der Waals surface area contributed by atoms with E-state index in [1.807, 2.05) is 13.8 Å². The van der Waals surface area contributed by atoms with Crippen LogP contribution in [0.5, 0.6) is 0 Å². The van der Waals surface area contributed by atoms with Gasteiger partial charge in [0.05, 0.1) is 6.61 Å². The van der Waals surface area contributed by atoms with Gasteiger partial charge in [0.25, 0.3) is 0 Å². The molecule has 0 fully saturated rings. The molecule has 0 aliphatic carbocycles. The Kier molecular flexibility index (Phi) is 4.51. The predicted octanol–water partition coefficient (Wildman–Crippen LogP) is 1.43. The molecule has 86 valence electrons. The Morgan fingerprint density at radius 1 is 1.67 bits per heavy atom. The smallest absolute Gasteiger partial charge is 0.170 e. The van der Waals surface area contributed by atoms with Crippen LogP contribution in [0.1, 0.15) is 26.1 Å². The van der Waals surface area contributed by atoms with Crippen molar-refractivity contribution in [2.24, 2.45) is 5.73 Å². The minimum Gasteiger partial charge on any atom is -0.394 e. The summed E-state index contributed by atoms with van der Waals surface area (Å²) < 4.78 is 5.08. The van der Waals surface area contributed by atoms with E-state index in [1.54, 1.807) is 11.8 Å². The molecule has 0 bridgehead atoms. The van der Waals surface area contributed by atoms with Gasteiger partial charge < -0.3 is 10.8 Å². The number of aliphatic hydroxyl groups is 1. The van der Waals surface area contributed by atoms with Crippen molar-refractivity contribution in [3.63, 3.8) is 0 Å². The summed E-state index contributed by atoms with van der Waals surface area (Å²) in [5, 5.41) is 9.39. The lowest BCUT2D eigenvalue weighted by Crippen LogP contribution is -2.42. The van der Waals surface area contributed by atoms with Crippen LogP contribution in [0.2, 0.25) is 0 Å². The fourth-order valence-electron chi connectivity index (χ4n) is 1.26. The van der Waals surface area contributed by atoms with E-state index in [0.29, 0.717) is 5.25 Å². The van der Waals surface area contributed by atoms with Crippen molar-refractivity contribution in [1.29, 1.82) is 0 Å². The molecule has 2 atom stereocenters. The molecule has 0 aromatic carbocycles. The lowest BCUT2D eigenvalue weighted by atomic mass is 9.99. The fourth-order valence-corrected chi connectivity index (χ4v) is 3.45. The van der Waals surface area contributed by atoms with Gasteiger partial charge in [-0.2, -0.15) is 4.37 Å². The van der Waals surface area contributed by atoms with Crippen LogP contribution in [0.3, 0.4) is 0 Å². The average Bonchev–Trinajstić information content (AvgIpc) is 2.50.